The lowest BCUT2D eigenvalue weighted by molar-refractivity contribution is -0.185. The molecule has 2 aliphatic rings. The van der Waals surface area contributed by atoms with E-state index in [2.05, 4.69) is 0 Å². The van der Waals surface area contributed by atoms with Gasteiger partial charge in [-0.1, -0.05) is 36.4 Å². The van der Waals surface area contributed by atoms with Gasteiger partial charge >= 0.3 is 0 Å². The number of ether oxygens (including phenoxy) is 1. The number of carbonyl (C=O) groups is 1. The summed E-state index contributed by atoms with van der Waals surface area (Å²) >= 11 is 0. The monoisotopic (exact) mass is 510 g/mol. The second kappa shape index (κ2) is 10.5. The van der Waals surface area contributed by atoms with E-state index in [-0.39, 0.29) is 36.1 Å². The SMILES string of the molecule is CC(F)(F)CN1CC(c2ccccc2)OC2(CCN(C(=O)c3cccc(F)c3CC(F)P)CC2)C1. The van der Waals surface area contributed by atoms with Crippen molar-refractivity contribution in [2.24, 2.45) is 0 Å². The van der Waals surface area contributed by atoms with Crippen molar-refractivity contribution in [1.82, 2.24) is 9.80 Å². The molecule has 2 aromatic rings. The predicted octanol–water partition coefficient (Wildman–Crippen LogP) is 5.24. The molecule has 0 N–H and O–H groups in total. The summed E-state index contributed by atoms with van der Waals surface area (Å²) in [6, 6.07) is 13.7. The Morgan fingerprint density at radius 1 is 1.17 bits per heavy atom. The van der Waals surface area contributed by atoms with Gasteiger partial charge in [0.25, 0.3) is 11.8 Å². The van der Waals surface area contributed by atoms with Crippen LogP contribution in [0.4, 0.5) is 17.6 Å². The molecule has 3 atom stereocenters. The number of rotatable bonds is 6. The van der Waals surface area contributed by atoms with Crippen molar-refractivity contribution in [2.45, 2.75) is 49.7 Å². The van der Waals surface area contributed by atoms with Gasteiger partial charge in [0.05, 0.1) is 18.2 Å². The van der Waals surface area contributed by atoms with Gasteiger partial charge in [0.1, 0.15) is 11.7 Å². The number of hydrogen-bond acceptors (Lipinski definition) is 3. The van der Waals surface area contributed by atoms with Crippen LogP contribution in [0.5, 0.6) is 0 Å². The van der Waals surface area contributed by atoms with Gasteiger partial charge < -0.3 is 9.64 Å². The average molecular weight is 511 g/mol. The van der Waals surface area contributed by atoms with Crippen LogP contribution in [-0.4, -0.2) is 65.9 Å². The Hall–Kier alpha value is -2.02. The molecule has 190 valence electrons. The number of piperidine rings is 1. The Labute approximate surface area is 205 Å². The Kier molecular flexibility index (Phi) is 7.84. The zero-order valence-electron chi connectivity index (χ0n) is 19.7. The molecule has 2 saturated heterocycles. The number of carbonyl (C=O) groups excluding carboxylic acids is 1. The van der Waals surface area contributed by atoms with Crippen molar-refractivity contribution in [3.63, 3.8) is 0 Å². The fourth-order valence-corrected chi connectivity index (χ4v) is 5.40. The summed E-state index contributed by atoms with van der Waals surface area (Å²) < 4.78 is 62.4. The minimum Gasteiger partial charge on any atom is -0.364 e. The van der Waals surface area contributed by atoms with Crippen molar-refractivity contribution in [2.75, 3.05) is 32.7 Å². The Morgan fingerprint density at radius 2 is 1.86 bits per heavy atom. The average Bonchev–Trinajstić information content (AvgIpc) is 2.79. The Balaban J connectivity index is 1.51. The first-order chi connectivity index (χ1) is 16.6. The number of benzene rings is 2. The second-order valence-electron chi connectivity index (χ2n) is 9.72. The molecule has 2 aliphatic heterocycles. The molecule has 4 rings (SSSR count). The summed E-state index contributed by atoms with van der Waals surface area (Å²) in [4.78, 5) is 16.6. The van der Waals surface area contributed by atoms with Gasteiger partial charge in [0.15, 0.2) is 0 Å². The summed E-state index contributed by atoms with van der Waals surface area (Å²) in [7, 11) is 1.98. The van der Waals surface area contributed by atoms with E-state index in [1.165, 1.54) is 18.2 Å². The zero-order chi connectivity index (χ0) is 25.2. The maximum atomic E-state index is 14.4. The molecule has 4 nitrogen and oxygen atoms in total. The largest absolute Gasteiger partial charge is 0.364 e. The quantitative estimate of drug-likeness (QED) is 0.394. The minimum absolute atomic E-state index is 0.0645. The van der Waals surface area contributed by atoms with Crippen LogP contribution < -0.4 is 0 Å². The van der Waals surface area contributed by atoms with Gasteiger partial charge in [-0.3, -0.25) is 9.69 Å². The molecule has 0 radical (unpaired) electrons. The molecule has 35 heavy (non-hydrogen) atoms. The molecule has 2 fully saturated rings. The Morgan fingerprint density at radius 3 is 2.49 bits per heavy atom. The van der Waals surface area contributed by atoms with Crippen molar-refractivity contribution in [3.05, 3.63) is 71.0 Å². The fraction of sp³-hybridized carbons (Fsp3) is 0.500. The van der Waals surface area contributed by atoms with Crippen molar-refractivity contribution < 1.29 is 27.1 Å². The summed E-state index contributed by atoms with van der Waals surface area (Å²) in [5.74, 6) is -5.16. The molecule has 2 aromatic carbocycles. The molecule has 3 unspecified atom stereocenters. The normalized spacial score (nSPS) is 21.8. The summed E-state index contributed by atoms with van der Waals surface area (Å²) in [6.45, 7) is 1.95. The lowest BCUT2D eigenvalue weighted by atomic mass is 9.87. The molecule has 1 amide bonds. The molecule has 1 spiro atoms. The Bertz CT molecular complexity index is 1020. The number of morpholine rings is 1. The number of hydrogen-bond donors (Lipinski definition) is 0. The van der Waals surface area contributed by atoms with Crippen LogP contribution in [0.15, 0.2) is 48.5 Å². The van der Waals surface area contributed by atoms with E-state index < -0.39 is 23.3 Å². The zero-order valence-corrected chi connectivity index (χ0v) is 20.9. The highest BCUT2D eigenvalue weighted by Crippen LogP contribution is 2.39. The number of likely N-dealkylation sites (tertiary alicyclic amines) is 1. The molecule has 0 aromatic heterocycles. The highest BCUT2D eigenvalue weighted by Gasteiger charge is 2.45. The van der Waals surface area contributed by atoms with E-state index in [4.69, 9.17) is 4.74 Å². The molecular formula is C26H31F4N2O2P. The van der Waals surface area contributed by atoms with Crippen LogP contribution >= 0.6 is 9.24 Å². The predicted molar refractivity (Wildman–Crippen MR) is 130 cm³/mol. The first-order valence-corrected chi connectivity index (χ1v) is 12.5. The third kappa shape index (κ3) is 6.41. The van der Waals surface area contributed by atoms with Crippen LogP contribution in [0.2, 0.25) is 0 Å². The number of nitrogens with zero attached hydrogens (tertiary/aromatic N) is 2. The number of halogens is 4. The standard InChI is InChI=1S/C26H31F4N2O2P/c1-25(29,30)16-31-15-22(18-6-3-2-4-7-18)34-26(17-31)10-12-32(13-11-26)24(33)19-8-5-9-21(27)20(19)14-23(28)35/h2-9,22-23H,10-17,35H2,1H3. The molecular weight excluding hydrogens is 479 g/mol. The van der Waals surface area contributed by atoms with Gasteiger partial charge in [-0.15, -0.1) is 9.24 Å². The van der Waals surface area contributed by atoms with Crippen LogP contribution in [-0.2, 0) is 11.2 Å². The van der Waals surface area contributed by atoms with Gasteiger partial charge in [0, 0.05) is 50.7 Å². The van der Waals surface area contributed by atoms with Gasteiger partial charge in [0.2, 0.25) is 0 Å². The van der Waals surface area contributed by atoms with Crippen LogP contribution in [0, 0.1) is 5.82 Å². The molecule has 9 heteroatoms. The van der Waals surface area contributed by atoms with E-state index in [0.29, 0.717) is 39.0 Å². The topological polar surface area (TPSA) is 32.8 Å². The van der Waals surface area contributed by atoms with Crippen molar-refractivity contribution >= 4 is 15.1 Å². The summed E-state index contributed by atoms with van der Waals surface area (Å²) in [5, 5.41) is 0. The fourth-order valence-electron chi connectivity index (χ4n) is 5.16. The lowest BCUT2D eigenvalue weighted by Crippen LogP contribution is -2.59. The van der Waals surface area contributed by atoms with E-state index >= 15 is 0 Å². The minimum atomic E-state index is -2.84. The van der Waals surface area contributed by atoms with E-state index in [0.717, 1.165) is 12.5 Å². The highest BCUT2D eigenvalue weighted by atomic mass is 31.0. The smallest absolute Gasteiger partial charge is 0.257 e. The molecule has 0 bridgehead atoms. The van der Waals surface area contributed by atoms with Crippen molar-refractivity contribution in [1.29, 1.82) is 0 Å². The maximum absolute atomic E-state index is 14.4. The first-order valence-electron chi connectivity index (χ1n) is 11.8. The third-order valence-corrected chi connectivity index (χ3v) is 6.95. The van der Waals surface area contributed by atoms with Crippen LogP contribution in [0.3, 0.4) is 0 Å². The van der Waals surface area contributed by atoms with Crippen LogP contribution in [0.25, 0.3) is 0 Å². The van der Waals surface area contributed by atoms with Crippen molar-refractivity contribution in [3.8, 4) is 0 Å². The maximum Gasteiger partial charge on any atom is 0.257 e. The van der Waals surface area contributed by atoms with E-state index in [1.54, 1.807) is 9.80 Å². The van der Waals surface area contributed by atoms with E-state index in [1.807, 2.05) is 39.6 Å². The third-order valence-electron chi connectivity index (χ3n) is 6.71. The second-order valence-corrected chi connectivity index (χ2v) is 10.4. The molecule has 2 heterocycles. The van der Waals surface area contributed by atoms with Gasteiger partial charge in [-0.25, -0.2) is 17.6 Å². The highest BCUT2D eigenvalue weighted by molar-refractivity contribution is 7.17. The van der Waals surface area contributed by atoms with Gasteiger partial charge in [-0.05, 0) is 30.5 Å². The molecule has 0 aliphatic carbocycles. The van der Waals surface area contributed by atoms with Crippen LogP contribution in [0.1, 0.15) is 47.4 Å². The molecule has 0 saturated carbocycles. The number of amides is 1. The first kappa shape index (κ1) is 26.1. The lowest BCUT2D eigenvalue weighted by Gasteiger charge is -2.50. The summed E-state index contributed by atoms with van der Waals surface area (Å²) in [5.41, 5.74) is 0.479. The summed E-state index contributed by atoms with van der Waals surface area (Å²) in [6.07, 6.45) is 0.368. The van der Waals surface area contributed by atoms with Gasteiger partial charge in [-0.2, -0.15) is 0 Å². The number of alkyl halides is 3. The van der Waals surface area contributed by atoms with E-state index in [9.17, 15) is 22.4 Å².